The number of benzene rings is 2. The Balaban J connectivity index is 1.89. The van der Waals surface area contributed by atoms with Gasteiger partial charge in [0.25, 0.3) is 5.91 Å². The number of aromatic amines is 1. The second-order valence-electron chi connectivity index (χ2n) is 4.86. The third-order valence-electron chi connectivity index (χ3n) is 3.32. The molecule has 2 aromatic carbocycles. The van der Waals surface area contributed by atoms with Gasteiger partial charge in [-0.05, 0) is 18.2 Å². The van der Waals surface area contributed by atoms with Crippen LogP contribution in [0.3, 0.4) is 0 Å². The van der Waals surface area contributed by atoms with Gasteiger partial charge < -0.3 is 10.5 Å². The molecule has 3 N–H and O–H groups in total. The van der Waals surface area contributed by atoms with E-state index in [1.54, 1.807) is 24.3 Å². The quantitative estimate of drug-likeness (QED) is 0.720. The van der Waals surface area contributed by atoms with Gasteiger partial charge in [0.15, 0.2) is 5.69 Å². The molecule has 23 heavy (non-hydrogen) atoms. The van der Waals surface area contributed by atoms with Crippen LogP contribution in [0.5, 0.6) is 0 Å². The Morgan fingerprint density at radius 3 is 2.52 bits per heavy atom. The first kappa shape index (κ1) is 14.7. The van der Waals surface area contributed by atoms with Gasteiger partial charge in [-0.2, -0.15) is 5.10 Å². The summed E-state index contributed by atoms with van der Waals surface area (Å²) in [5.74, 6) is -2.12. The second-order valence-corrected chi connectivity index (χ2v) is 4.86. The van der Waals surface area contributed by atoms with Crippen molar-refractivity contribution in [3.8, 4) is 0 Å². The number of primary amides is 1. The number of nitrogens with two attached hydrogens (primary N) is 1. The number of amides is 1. The standard InChI is InChI=1S/C16H12FN3O3/c17-10-7-5-9(6-8-10)14(15(18)21)23-16(22)13-11-3-1-2-4-12(11)19-20-13/h1-8,14H,(H2,18,21)(H,19,20). The van der Waals surface area contributed by atoms with E-state index in [9.17, 15) is 14.0 Å². The predicted octanol–water partition coefficient (Wildman–Crippen LogP) is 2.09. The van der Waals surface area contributed by atoms with Gasteiger partial charge in [-0.15, -0.1) is 0 Å². The molecule has 1 amide bonds. The monoisotopic (exact) mass is 313 g/mol. The summed E-state index contributed by atoms with van der Waals surface area (Å²) in [6, 6.07) is 12.0. The summed E-state index contributed by atoms with van der Waals surface area (Å²) in [7, 11) is 0. The van der Waals surface area contributed by atoms with Crippen molar-refractivity contribution >= 4 is 22.8 Å². The molecule has 3 rings (SSSR count). The summed E-state index contributed by atoms with van der Waals surface area (Å²) >= 11 is 0. The van der Waals surface area contributed by atoms with Crippen molar-refractivity contribution in [1.29, 1.82) is 0 Å². The van der Waals surface area contributed by atoms with Crippen LogP contribution in [0.4, 0.5) is 4.39 Å². The average molecular weight is 313 g/mol. The fraction of sp³-hybridized carbons (Fsp3) is 0.0625. The SMILES string of the molecule is NC(=O)C(OC(=O)c1n[nH]c2ccccc12)c1ccc(F)cc1. The van der Waals surface area contributed by atoms with E-state index >= 15 is 0 Å². The summed E-state index contributed by atoms with van der Waals surface area (Å²) < 4.78 is 18.1. The highest BCUT2D eigenvalue weighted by Crippen LogP contribution is 2.22. The van der Waals surface area contributed by atoms with Gasteiger partial charge in [0.2, 0.25) is 6.10 Å². The predicted molar refractivity (Wildman–Crippen MR) is 79.8 cm³/mol. The Kier molecular flexibility index (Phi) is 3.76. The Bertz CT molecular complexity index is 874. The van der Waals surface area contributed by atoms with Crippen LogP contribution in [-0.4, -0.2) is 22.1 Å². The van der Waals surface area contributed by atoms with E-state index in [1.807, 2.05) is 0 Å². The largest absolute Gasteiger partial charge is 0.443 e. The summed E-state index contributed by atoms with van der Waals surface area (Å²) in [5, 5.41) is 7.18. The van der Waals surface area contributed by atoms with Crippen LogP contribution in [0.1, 0.15) is 22.2 Å². The van der Waals surface area contributed by atoms with E-state index in [-0.39, 0.29) is 11.3 Å². The first-order valence-corrected chi connectivity index (χ1v) is 6.75. The summed E-state index contributed by atoms with van der Waals surface area (Å²) in [6.07, 6.45) is -1.32. The van der Waals surface area contributed by atoms with Crippen molar-refractivity contribution in [3.63, 3.8) is 0 Å². The highest BCUT2D eigenvalue weighted by molar-refractivity contribution is 6.02. The number of ether oxygens (including phenoxy) is 1. The van der Waals surface area contributed by atoms with Gasteiger partial charge in [-0.1, -0.05) is 30.3 Å². The van der Waals surface area contributed by atoms with Crippen LogP contribution in [0.15, 0.2) is 48.5 Å². The minimum atomic E-state index is -1.32. The number of para-hydroxylation sites is 1. The number of esters is 1. The number of nitrogens with zero attached hydrogens (tertiary/aromatic N) is 1. The molecule has 0 saturated carbocycles. The maximum Gasteiger partial charge on any atom is 0.360 e. The first-order valence-electron chi connectivity index (χ1n) is 6.75. The Hall–Kier alpha value is -3.22. The Morgan fingerprint density at radius 1 is 1.13 bits per heavy atom. The molecule has 0 radical (unpaired) electrons. The van der Waals surface area contributed by atoms with Crippen molar-refractivity contribution in [2.45, 2.75) is 6.10 Å². The number of nitrogens with one attached hydrogen (secondary N) is 1. The number of hydrogen-bond donors (Lipinski definition) is 2. The topological polar surface area (TPSA) is 98.1 Å². The van der Waals surface area contributed by atoms with Crippen LogP contribution >= 0.6 is 0 Å². The molecule has 0 aliphatic carbocycles. The van der Waals surface area contributed by atoms with Gasteiger partial charge in [0.1, 0.15) is 5.82 Å². The second kappa shape index (κ2) is 5.88. The lowest BCUT2D eigenvalue weighted by Gasteiger charge is -2.14. The van der Waals surface area contributed by atoms with Crippen LogP contribution in [0.25, 0.3) is 10.9 Å². The minimum Gasteiger partial charge on any atom is -0.443 e. The fourth-order valence-corrected chi connectivity index (χ4v) is 2.21. The van der Waals surface area contributed by atoms with Gasteiger partial charge in [-0.3, -0.25) is 9.89 Å². The number of halogens is 1. The summed E-state index contributed by atoms with van der Waals surface area (Å²) in [5.41, 5.74) is 6.28. The van der Waals surface area contributed by atoms with Gasteiger partial charge in [0, 0.05) is 10.9 Å². The zero-order chi connectivity index (χ0) is 16.4. The number of aromatic nitrogens is 2. The molecule has 1 unspecified atom stereocenters. The molecule has 116 valence electrons. The van der Waals surface area contributed by atoms with E-state index in [0.29, 0.717) is 10.9 Å². The van der Waals surface area contributed by atoms with Crippen LogP contribution in [-0.2, 0) is 9.53 Å². The molecule has 1 heterocycles. The lowest BCUT2D eigenvalue weighted by atomic mass is 10.1. The zero-order valence-corrected chi connectivity index (χ0v) is 11.8. The van der Waals surface area contributed by atoms with Crippen molar-refractivity contribution in [1.82, 2.24) is 10.2 Å². The number of fused-ring (bicyclic) bond motifs is 1. The van der Waals surface area contributed by atoms with Crippen molar-refractivity contribution in [2.75, 3.05) is 0 Å². The normalized spacial score (nSPS) is 12.0. The number of rotatable bonds is 4. The van der Waals surface area contributed by atoms with Crippen LogP contribution < -0.4 is 5.73 Å². The lowest BCUT2D eigenvalue weighted by molar-refractivity contribution is -0.127. The van der Waals surface area contributed by atoms with Gasteiger partial charge >= 0.3 is 5.97 Å². The highest BCUT2D eigenvalue weighted by atomic mass is 19.1. The molecule has 7 heteroatoms. The van der Waals surface area contributed by atoms with Crippen LogP contribution in [0, 0.1) is 5.82 Å². The lowest BCUT2D eigenvalue weighted by Crippen LogP contribution is -2.26. The summed E-state index contributed by atoms with van der Waals surface area (Å²) in [6.45, 7) is 0. The molecule has 0 aliphatic heterocycles. The number of hydrogen-bond acceptors (Lipinski definition) is 4. The molecule has 0 spiro atoms. The van der Waals surface area contributed by atoms with Crippen molar-refractivity contribution in [3.05, 3.63) is 65.6 Å². The van der Waals surface area contributed by atoms with Crippen molar-refractivity contribution < 1.29 is 18.7 Å². The number of H-pyrrole nitrogens is 1. The van der Waals surface area contributed by atoms with E-state index in [0.717, 1.165) is 12.1 Å². The Labute approximate surface area is 130 Å². The van der Waals surface area contributed by atoms with E-state index in [4.69, 9.17) is 10.5 Å². The molecule has 0 aliphatic rings. The number of carbonyl (C=O) groups excluding carboxylic acids is 2. The van der Waals surface area contributed by atoms with E-state index in [2.05, 4.69) is 10.2 Å². The molecular formula is C16H12FN3O3. The first-order chi connectivity index (χ1) is 11.1. The van der Waals surface area contributed by atoms with Crippen LogP contribution in [0.2, 0.25) is 0 Å². The van der Waals surface area contributed by atoms with Gasteiger partial charge in [0.05, 0.1) is 5.52 Å². The molecule has 1 atom stereocenters. The fourth-order valence-electron chi connectivity index (χ4n) is 2.21. The average Bonchev–Trinajstić information content (AvgIpc) is 2.97. The van der Waals surface area contributed by atoms with Crippen molar-refractivity contribution in [2.24, 2.45) is 5.73 Å². The molecular weight excluding hydrogens is 301 g/mol. The Morgan fingerprint density at radius 2 is 1.83 bits per heavy atom. The highest BCUT2D eigenvalue weighted by Gasteiger charge is 2.25. The molecule has 0 fully saturated rings. The van der Waals surface area contributed by atoms with E-state index < -0.39 is 23.8 Å². The third kappa shape index (κ3) is 2.89. The third-order valence-corrected chi connectivity index (χ3v) is 3.32. The van der Waals surface area contributed by atoms with E-state index in [1.165, 1.54) is 12.1 Å². The molecule has 6 nitrogen and oxygen atoms in total. The molecule has 3 aromatic rings. The van der Waals surface area contributed by atoms with Gasteiger partial charge in [-0.25, -0.2) is 9.18 Å². The maximum absolute atomic E-state index is 13.0. The summed E-state index contributed by atoms with van der Waals surface area (Å²) in [4.78, 5) is 23.9. The molecule has 0 saturated heterocycles. The number of carbonyl (C=O) groups is 2. The minimum absolute atomic E-state index is 0.0500. The molecule has 1 aromatic heterocycles. The smallest absolute Gasteiger partial charge is 0.360 e. The molecule has 0 bridgehead atoms. The maximum atomic E-state index is 13.0. The zero-order valence-electron chi connectivity index (χ0n) is 11.8.